The van der Waals surface area contributed by atoms with Gasteiger partial charge < -0.3 is 15.8 Å². The second kappa shape index (κ2) is 10.1. The molecule has 1 aliphatic carbocycles. The summed E-state index contributed by atoms with van der Waals surface area (Å²) in [6.07, 6.45) is 3.72. The number of nitrogens with one attached hydrogen (secondary N) is 1. The Kier molecular flexibility index (Phi) is 6.99. The third-order valence-corrected chi connectivity index (χ3v) is 6.68. The summed E-state index contributed by atoms with van der Waals surface area (Å²) in [6, 6.07) is 13.0. The highest BCUT2D eigenvalue weighted by molar-refractivity contribution is 6.08. The molecular weight excluding hydrogens is 446 g/mol. The molecule has 1 fully saturated rings. The predicted octanol–water partition coefficient (Wildman–Crippen LogP) is 3.26. The summed E-state index contributed by atoms with van der Waals surface area (Å²) in [5.74, 6) is 0.158. The van der Waals surface area contributed by atoms with E-state index in [0.717, 1.165) is 36.1 Å². The zero-order chi connectivity index (χ0) is 25.0. The number of aryl methyl sites for hydroxylation is 2. The fourth-order valence-corrected chi connectivity index (χ4v) is 4.81. The van der Waals surface area contributed by atoms with E-state index in [1.165, 1.54) is 4.68 Å². The Hall–Kier alpha value is -3.95. The smallest absolute Gasteiger partial charge is 0.250 e. The second-order valence-electron chi connectivity index (χ2n) is 8.94. The van der Waals surface area contributed by atoms with E-state index in [9.17, 15) is 9.59 Å². The minimum atomic E-state index is -1.08. The highest BCUT2D eigenvalue weighted by Gasteiger charge is 2.48. The zero-order valence-corrected chi connectivity index (χ0v) is 20.3. The van der Waals surface area contributed by atoms with Crippen LogP contribution in [0.25, 0.3) is 0 Å². The average Bonchev–Trinajstić information content (AvgIpc) is 3.26. The summed E-state index contributed by atoms with van der Waals surface area (Å²) < 4.78 is 6.54. The van der Waals surface area contributed by atoms with E-state index in [-0.39, 0.29) is 24.3 Å². The number of rotatable bonds is 7. The van der Waals surface area contributed by atoms with Gasteiger partial charge in [-0.25, -0.2) is 4.68 Å². The number of anilines is 3. The first-order valence-electron chi connectivity index (χ1n) is 11.7. The van der Waals surface area contributed by atoms with Crippen LogP contribution in [-0.4, -0.2) is 44.7 Å². The Balaban J connectivity index is 1.78. The van der Waals surface area contributed by atoms with Gasteiger partial charge in [0.15, 0.2) is 0 Å². The molecule has 2 amide bonds. The molecule has 0 unspecified atom stereocenters. The molecule has 10 heteroatoms. The van der Waals surface area contributed by atoms with Gasteiger partial charge in [-0.15, -0.1) is 0 Å². The topological polar surface area (TPSA) is 128 Å². The fourth-order valence-electron chi connectivity index (χ4n) is 4.81. The van der Waals surface area contributed by atoms with Crippen LogP contribution in [0.3, 0.4) is 0 Å². The molecule has 0 bridgehead atoms. The van der Waals surface area contributed by atoms with E-state index in [1.807, 2.05) is 32.0 Å². The third-order valence-electron chi connectivity index (χ3n) is 6.68. The number of methoxy groups -OCH3 is 1. The first-order chi connectivity index (χ1) is 16.9. The number of nitrogens with zero attached hydrogens (tertiary/aromatic N) is 5. The molecule has 0 radical (unpaired) electrons. The van der Waals surface area contributed by atoms with E-state index in [0.29, 0.717) is 24.3 Å². The molecule has 3 N–H and O–H groups in total. The maximum atomic E-state index is 14.1. The maximum absolute atomic E-state index is 14.1. The number of benzene rings is 2. The number of nitrogen functional groups attached to an aromatic ring is 1. The molecule has 3 aromatic rings. The van der Waals surface area contributed by atoms with Crippen LogP contribution in [0.15, 0.2) is 42.5 Å². The summed E-state index contributed by atoms with van der Waals surface area (Å²) in [5, 5.41) is 14.2. The summed E-state index contributed by atoms with van der Waals surface area (Å²) in [7, 11) is 1.58. The van der Waals surface area contributed by atoms with Crippen molar-refractivity contribution >= 4 is 29.1 Å². The Labute approximate surface area is 204 Å². The number of carbonyl (C=O) groups is 2. The molecule has 184 valence electrons. The Morgan fingerprint density at radius 2 is 1.74 bits per heavy atom. The largest absolute Gasteiger partial charge is 0.497 e. The molecule has 1 aromatic heterocycles. The molecule has 10 nitrogen and oxygen atoms in total. The van der Waals surface area contributed by atoms with Gasteiger partial charge in [-0.3, -0.25) is 14.5 Å². The molecule has 35 heavy (non-hydrogen) atoms. The number of para-hydroxylation sites is 1. The van der Waals surface area contributed by atoms with Crippen LogP contribution in [0.2, 0.25) is 0 Å². The van der Waals surface area contributed by atoms with Gasteiger partial charge in [0.2, 0.25) is 11.9 Å². The van der Waals surface area contributed by atoms with Gasteiger partial charge in [-0.1, -0.05) is 42.6 Å². The minimum absolute atomic E-state index is 0.0331. The molecule has 0 spiro atoms. The number of tetrazole rings is 1. The Bertz CT molecular complexity index is 1180. The SMILES string of the molecule is COc1ccc(N(C(=O)Cn2nnnc2N)C2(C(=O)Nc3c(C)cccc3C)CCCCC2)cc1. The van der Waals surface area contributed by atoms with Gasteiger partial charge in [0.1, 0.15) is 17.8 Å². The van der Waals surface area contributed by atoms with E-state index < -0.39 is 5.54 Å². The van der Waals surface area contributed by atoms with Crippen molar-refractivity contribution < 1.29 is 14.3 Å². The fraction of sp³-hybridized carbons (Fsp3) is 0.400. The Morgan fingerprint density at radius 3 is 2.31 bits per heavy atom. The summed E-state index contributed by atoms with van der Waals surface area (Å²) in [5.41, 5.74) is 8.05. The lowest BCUT2D eigenvalue weighted by Crippen LogP contribution is -2.61. The van der Waals surface area contributed by atoms with Crippen LogP contribution in [0.4, 0.5) is 17.3 Å². The molecule has 1 saturated carbocycles. The molecule has 1 aliphatic rings. The predicted molar refractivity (Wildman–Crippen MR) is 133 cm³/mol. The van der Waals surface area contributed by atoms with Gasteiger partial charge in [0.05, 0.1) is 7.11 Å². The van der Waals surface area contributed by atoms with Gasteiger partial charge in [-0.2, -0.15) is 0 Å². The van der Waals surface area contributed by atoms with Gasteiger partial charge in [0, 0.05) is 11.4 Å². The van der Waals surface area contributed by atoms with Crippen molar-refractivity contribution in [3.63, 3.8) is 0 Å². The van der Waals surface area contributed by atoms with E-state index in [1.54, 1.807) is 36.3 Å². The van der Waals surface area contributed by atoms with Crippen LogP contribution in [-0.2, 0) is 16.1 Å². The van der Waals surface area contributed by atoms with E-state index >= 15 is 0 Å². The van der Waals surface area contributed by atoms with Crippen LogP contribution in [0, 0.1) is 13.8 Å². The van der Waals surface area contributed by atoms with Crippen molar-refractivity contribution in [3.8, 4) is 5.75 Å². The lowest BCUT2D eigenvalue weighted by Gasteiger charge is -2.45. The summed E-state index contributed by atoms with van der Waals surface area (Å²) >= 11 is 0. The number of amides is 2. The van der Waals surface area contributed by atoms with Crippen molar-refractivity contribution in [2.45, 2.75) is 58.0 Å². The molecule has 4 rings (SSSR count). The van der Waals surface area contributed by atoms with Crippen LogP contribution >= 0.6 is 0 Å². The van der Waals surface area contributed by atoms with Crippen LogP contribution in [0.1, 0.15) is 43.2 Å². The van der Waals surface area contributed by atoms with Crippen LogP contribution < -0.4 is 20.7 Å². The second-order valence-corrected chi connectivity index (χ2v) is 8.94. The Morgan fingerprint density at radius 1 is 1.09 bits per heavy atom. The van der Waals surface area contributed by atoms with Crippen molar-refractivity contribution in [1.82, 2.24) is 20.2 Å². The van der Waals surface area contributed by atoms with E-state index in [4.69, 9.17) is 10.5 Å². The highest BCUT2D eigenvalue weighted by Crippen LogP contribution is 2.39. The molecule has 2 aromatic carbocycles. The number of aromatic nitrogens is 4. The lowest BCUT2D eigenvalue weighted by molar-refractivity contribution is -0.128. The van der Waals surface area contributed by atoms with Crippen LogP contribution in [0.5, 0.6) is 5.75 Å². The van der Waals surface area contributed by atoms with Gasteiger partial charge >= 0.3 is 0 Å². The molecule has 0 saturated heterocycles. The number of ether oxygens (including phenoxy) is 1. The number of hydrogen-bond acceptors (Lipinski definition) is 7. The van der Waals surface area contributed by atoms with Gasteiger partial charge in [0.25, 0.3) is 5.91 Å². The molecule has 0 aliphatic heterocycles. The number of carbonyl (C=O) groups excluding carboxylic acids is 2. The first-order valence-corrected chi connectivity index (χ1v) is 11.7. The quantitative estimate of drug-likeness (QED) is 0.534. The number of hydrogen-bond donors (Lipinski definition) is 2. The van der Waals surface area contributed by atoms with Crippen molar-refractivity contribution in [2.24, 2.45) is 0 Å². The molecule has 0 atom stereocenters. The summed E-state index contributed by atoms with van der Waals surface area (Å²) in [4.78, 5) is 29.6. The zero-order valence-electron chi connectivity index (χ0n) is 20.3. The minimum Gasteiger partial charge on any atom is -0.497 e. The maximum Gasteiger partial charge on any atom is 0.250 e. The van der Waals surface area contributed by atoms with E-state index in [2.05, 4.69) is 20.8 Å². The average molecular weight is 478 g/mol. The monoisotopic (exact) mass is 477 g/mol. The number of nitrogens with two attached hydrogens (primary N) is 1. The first kappa shape index (κ1) is 24.2. The van der Waals surface area contributed by atoms with Crippen molar-refractivity contribution in [2.75, 3.05) is 23.1 Å². The van der Waals surface area contributed by atoms with Gasteiger partial charge in [-0.05, 0) is 72.5 Å². The highest BCUT2D eigenvalue weighted by atomic mass is 16.5. The lowest BCUT2D eigenvalue weighted by atomic mass is 9.78. The van der Waals surface area contributed by atoms with Crippen molar-refractivity contribution in [3.05, 3.63) is 53.6 Å². The normalized spacial score (nSPS) is 14.8. The molecular formula is C25H31N7O3. The van der Waals surface area contributed by atoms with Crippen molar-refractivity contribution in [1.29, 1.82) is 0 Å². The standard InChI is InChI=1S/C25H31N7O3/c1-17-8-7-9-18(2)22(17)27-23(34)25(14-5-4-6-15-25)32(19-10-12-20(35-3)13-11-19)21(33)16-31-24(26)28-29-30-31/h7-13H,4-6,14-16H2,1-3H3,(H,27,34)(H2,26,28,30). The third kappa shape index (κ3) is 4.82. The molecule has 1 heterocycles. The summed E-state index contributed by atoms with van der Waals surface area (Å²) in [6.45, 7) is 3.73.